The fraction of sp³-hybridized carbons (Fsp3) is 0.600. The Bertz CT molecular complexity index is 664. The van der Waals surface area contributed by atoms with E-state index in [9.17, 15) is 9.59 Å². The minimum atomic E-state index is -0.117. The Morgan fingerprint density at radius 3 is 2.27 bits per heavy atom. The van der Waals surface area contributed by atoms with Crippen LogP contribution in [-0.4, -0.2) is 44.0 Å². The highest BCUT2D eigenvalue weighted by atomic mass is 16.5. The van der Waals surface area contributed by atoms with Crippen molar-refractivity contribution >= 4 is 11.8 Å². The van der Waals surface area contributed by atoms with Crippen LogP contribution < -0.4 is 14.8 Å². The highest BCUT2D eigenvalue weighted by molar-refractivity contribution is 5.82. The van der Waals surface area contributed by atoms with Crippen molar-refractivity contribution in [2.24, 2.45) is 11.8 Å². The molecule has 1 N–H and O–H groups in total. The SMILES string of the molecule is COc1ccc(C(C)NC(=O)C2CCN(C(=O)C3CC3)CC2)cc1OC. The van der Waals surface area contributed by atoms with E-state index in [-0.39, 0.29) is 29.7 Å². The van der Waals surface area contributed by atoms with Gasteiger partial charge in [-0.15, -0.1) is 0 Å². The molecule has 0 aromatic heterocycles. The number of nitrogens with zero attached hydrogens (tertiary/aromatic N) is 1. The average Bonchev–Trinajstić information content (AvgIpc) is 3.52. The predicted octanol–water partition coefficient (Wildman–Crippen LogP) is 2.53. The second-order valence-electron chi connectivity index (χ2n) is 7.22. The fourth-order valence-corrected chi connectivity index (χ4v) is 3.49. The molecule has 3 rings (SSSR count). The van der Waals surface area contributed by atoms with Crippen molar-refractivity contribution in [3.8, 4) is 11.5 Å². The van der Waals surface area contributed by atoms with Gasteiger partial charge in [-0.1, -0.05) is 6.07 Å². The number of piperidine rings is 1. The van der Waals surface area contributed by atoms with Gasteiger partial charge in [0.25, 0.3) is 0 Å². The third-order valence-electron chi connectivity index (χ3n) is 5.37. The molecule has 0 bridgehead atoms. The minimum absolute atomic E-state index is 0.0270. The molecule has 0 radical (unpaired) electrons. The molecule has 2 aliphatic rings. The van der Waals surface area contributed by atoms with Crippen LogP contribution in [0, 0.1) is 11.8 Å². The molecule has 1 aliphatic heterocycles. The van der Waals surface area contributed by atoms with Gasteiger partial charge in [0.1, 0.15) is 0 Å². The van der Waals surface area contributed by atoms with Crippen LogP contribution in [0.3, 0.4) is 0 Å². The summed E-state index contributed by atoms with van der Waals surface area (Å²) in [4.78, 5) is 26.7. The number of rotatable bonds is 6. The molecule has 1 aromatic rings. The van der Waals surface area contributed by atoms with Gasteiger partial charge in [-0.05, 0) is 50.3 Å². The topological polar surface area (TPSA) is 67.9 Å². The Hall–Kier alpha value is -2.24. The van der Waals surface area contributed by atoms with Crippen molar-refractivity contribution in [3.63, 3.8) is 0 Å². The molecule has 2 amide bonds. The standard InChI is InChI=1S/C20H28N2O4/c1-13(16-6-7-17(25-2)18(12-16)26-3)21-19(23)14-8-10-22(11-9-14)20(24)15-4-5-15/h6-7,12-15H,4-5,8-11H2,1-3H3,(H,21,23). The monoisotopic (exact) mass is 360 g/mol. The highest BCUT2D eigenvalue weighted by Crippen LogP contribution is 2.33. The van der Waals surface area contributed by atoms with Gasteiger partial charge in [-0.25, -0.2) is 0 Å². The molecule has 2 fully saturated rings. The van der Waals surface area contributed by atoms with E-state index in [1.54, 1.807) is 14.2 Å². The fourth-order valence-electron chi connectivity index (χ4n) is 3.49. The summed E-state index contributed by atoms with van der Waals surface area (Å²) < 4.78 is 10.6. The summed E-state index contributed by atoms with van der Waals surface area (Å²) in [6.07, 6.45) is 3.54. The first kappa shape index (κ1) is 18.5. The van der Waals surface area contributed by atoms with Gasteiger partial charge >= 0.3 is 0 Å². The lowest BCUT2D eigenvalue weighted by molar-refractivity contribution is -0.136. The maximum Gasteiger partial charge on any atom is 0.225 e. The van der Waals surface area contributed by atoms with Crippen LogP contribution in [0.15, 0.2) is 18.2 Å². The van der Waals surface area contributed by atoms with Crippen LogP contribution in [-0.2, 0) is 9.59 Å². The number of ether oxygens (including phenoxy) is 2. The molecule has 142 valence electrons. The lowest BCUT2D eigenvalue weighted by atomic mass is 9.95. The van der Waals surface area contributed by atoms with Gasteiger partial charge in [0.15, 0.2) is 11.5 Å². The minimum Gasteiger partial charge on any atom is -0.493 e. The highest BCUT2D eigenvalue weighted by Gasteiger charge is 2.36. The first-order valence-electron chi connectivity index (χ1n) is 9.34. The Morgan fingerprint density at radius 2 is 1.69 bits per heavy atom. The molecule has 1 aliphatic carbocycles. The predicted molar refractivity (Wildman–Crippen MR) is 98.1 cm³/mol. The summed E-state index contributed by atoms with van der Waals surface area (Å²) in [7, 11) is 3.20. The van der Waals surface area contributed by atoms with Crippen molar-refractivity contribution in [1.29, 1.82) is 0 Å². The van der Waals surface area contributed by atoms with Crippen LogP contribution in [0.2, 0.25) is 0 Å². The number of methoxy groups -OCH3 is 2. The van der Waals surface area contributed by atoms with Crippen molar-refractivity contribution in [3.05, 3.63) is 23.8 Å². The largest absolute Gasteiger partial charge is 0.493 e. The summed E-state index contributed by atoms with van der Waals surface area (Å²) in [5, 5.41) is 3.10. The quantitative estimate of drug-likeness (QED) is 0.846. The van der Waals surface area contributed by atoms with E-state index in [4.69, 9.17) is 9.47 Å². The molecule has 1 heterocycles. The van der Waals surface area contributed by atoms with E-state index in [0.29, 0.717) is 24.6 Å². The van der Waals surface area contributed by atoms with E-state index in [2.05, 4.69) is 5.32 Å². The third kappa shape index (κ3) is 4.11. The number of hydrogen-bond acceptors (Lipinski definition) is 4. The van der Waals surface area contributed by atoms with Gasteiger partial charge in [0.2, 0.25) is 11.8 Å². The van der Waals surface area contributed by atoms with Crippen molar-refractivity contribution in [1.82, 2.24) is 10.2 Å². The molecule has 0 spiro atoms. The van der Waals surface area contributed by atoms with Crippen LogP contribution in [0.4, 0.5) is 0 Å². The molecule has 6 heteroatoms. The summed E-state index contributed by atoms with van der Waals surface area (Å²) in [5.41, 5.74) is 0.970. The maximum absolute atomic E-state index is 12.6. The van der Waals surface area contributed by atoms with E-state index >= 15 is 0 Å². The molecule has 1 saturated heterocycles. The lowest BCUT2D eigenvalue weighted by Gasteiger charge is -2.32. The van der Waals surface area contributed by atoms with Crippen molar-refractivity contribution in [2.75, 3.05) is 27.3 Å². The Labute approximate surface area is 154 Å². The van der Waals surface area contributed by atoms with Gasteiger partial charge < -0.3 is 19.7 Å². The van der Waals surface area contributed by atoms with Crippen molar-refractivity contribution in [2.45, 2.75) is 38.6 Å². The van der Waals surface area contributed by atoms with Gasteiger partial charge in [0.05, 0.1) is 20.3 Å². The van der Waals surface area contributed by atoms with E-state index in [0.717, 1.165) is 31.2 Å². The zero-order valence-corrected chi connectivity index (χ0v) is 15.8. The zero-order valence-electron chi connectivity index (χ0n) is 15.8. The van der Waals surface area contributed by atoms with Crippen molar-refractivity contribution < 1.29 is 19.1 Å². The summed E-state index contributed by atoms with van der Waals surface area (Å²) in [6, 6.07) is 5.55. The Balaban J connectivity index is 1.53. The van der Waals surface area contributed by atoms with Gasteiger partial charge in [0, 0.05) is 24.9 Å². The smallest absolute Gasteiger partial charge is 0.225 e. The number of carbonyl (C=O) groups is 2. The average molecular weight is 360 g/mol. The second kappa shape index (κ2) is 7.98. The van der Waals surface area contributed by atoms with Gasteiger partial charge in [-0.2, -0.15) is 0 Å². The van der Waals surface area contributed by atoms with Crippen LogP contribution in [0.5, 0.6) is 11.5 Å². The van der Waals surface area contributed by atoms with Crippen LogP contribution in [0.25, 0.3) is 0 Å². The number of likely N-dealkylation sites (tertiary alicyclic amines) is 1. The zero-order chi connectivity index (χ0) is 18.7. The molecular weight excluding hydrogens is 332 g/mol. The number of hydrogen-bond donors (Lipinski definition) is 1. The van der Waals surface area contributed by atoms with Gasteiger partial charge in [-0.3, -0.25) is 9.59 Å². The number of amides is 2. The summed E-state index contributed by atoms with van der Waals surface area (Å²) >= 11 is 0. The number of carbonyl (C=O) groups excluding carboxylic acids is 2. The second-order valence-corrected chi connectivity index (χ2v) is 7.22. The molecule has 1 saturated carbocycles. The lowest BCUT2D eigenvalue weighted by Crippen LogP contribution is -2.44. The van der Waals surface area contributed by atoms with Crippen LogP contribution >= 0.6 is 0 Å². The summed E-state index contributed by atoms with van der Waals surface area (Å²) in [5.74, 6) is 1.89. The Morgan fingerprint density at radius 1 is 1.04 bits per heavy atom. The van der Waals surface area contributed by atoms with Crippen LogP contribution in [0.1, 0.15) is 44.2 Å². The first-order valence-corrected chi connectivity index (χ1v) is 9.34. The molecular formula is C20H28N2O4. The normalized spacial score (nSPS) is 19.0. The molecule has 6 nitrogen and oxygen atoms in total. The number of nitrogens with one attached hydrogen (secondary N) is 1. The maximum atomic E-state index is 12.6. The molecule has 1 unspecified atom stereocenters. The van der Waals surface area contributed by atoms with E-state index in [1.165, 1.54) is 0 Å². The number of benzene rings is 1. The van der Waals surface area contributed by atoms with E-state index in [1.807, 2.05) is 30.0 Å². The van der Waals surface area contributed by atoms with E-state index < -0.39 is 0 Å². The summed E-state index contributed by atoms with van der Waals surface area (Å²) in [6.45, 7) is 3.35. The first-order chi connectivity index (χ1) is 12.5. The molecule has 1 atom stereocenters. The molecule has 26 heavy (non-hydrogen) atoms. The third-order valence-corrected chi connectivity index (χ3v) is 5.37. The molecule has 1 aromatic carbocycles. The Kier molecular flexibility index (Phi) is 5.69.